The number of hydrogen-bond donors (Lipinski definition) is 1. The lowest BCUT2D eigenvalue weighted by Gasteiger charge is -2.10. The highest BCUT2D eigenvalue weighted by Gasteiger charge is 2.14. The molecule has 0 saturated heterocycles. The van der Waals surface area contributed by atoms with Crippen LogP contribution in [0.15, 0.2) is 30.3 Å². The molecule has 0 aliphatic carbocycles. The van der Waals surface area contributed by atoms with Gasteiger partial charge in [-0.25, -0.2) is 9.97 Å². The van der Waals surface area contributed by atoms with E-state index in [1.54, 1.807) is 0 Å². The summed E-state index contributed by atoms with van der Waals surface area (Å²) in [6.07, 6.45) is 0.928. The number of nitrogens with one attached hydrogen (secondary N) is 1. The third kappa shape index (κ3) is 2.73. The molecule has 5 nitrogen and oxygen atoms in total. The van der Waals surface area contributed by atoms with E-state index in [9.17, 15) is 0 Å². The molecule has 2 rings (SSSR count). The van der Waals surface area contributed by atoms with E-state index >= 15 is 0 Å². The first-order valence-corrected chi connectivity index (χ1v) is 6.31. The molecule has 0 aliphatic heterocycles. The molecule has 0 amide bonds. The average molecular weight is 263 g/mol. The topological polar surface area (TPSA) is 85.4 Å². The summed E-state index contributed by atoms with van der Waals surface area (Å²) >= 11 is 0. The lowest BCUT2D eigenvalue weighted by atomic mass is 10.1. The normalized spacial score (nSPS) is 9.55. The molecule has 1 aromatic carbocycles. The molecule has 1 N–H and O–H groups in total. The number of aromatic nitrogens is 2. The highest BCUT2D eigenvalue weighted by molar-refractivity contribution is 5.72. The average Bonchev–Trinajstić information content (AvgIpc) is 2.52. The molecular weight excluding hydrogens is 250 g/mol. The van der Waals surface area contributed by atoms with Crippen molar-refractivity contribution in [2.24, 2.45) is 0 Å². The first kappa shape index (κ1) is 13.5. The van der Waals surface area contributed by atoms with E-state index in [1.807, 2.05) is 49.4 Å². The fourth-order valence-electron chi connectivity index (χ4n) is 1.76. The number of nitriles is 2. The van der Waals surface area contributed by atoms with Gasteiger partial charge in [0.15, 0.2) is 17.2 Å². The van der Waals surface area contributed by atoms with Crippen LogP contribution in [0.25, 0.3) is 11.3 Å². The summed E-state index contributed by atoms with van der Waals surface area (Å²) in [6.45, 7) is 2.77. The van der Waals surface area contributed by atoms with Crippen LogP contribution in [-0.4, -0.2) is 16.5 Å². The van der Waals surface area contributed by atoms with Crippen molar-refractivity contribution in [2.75, 3.05) is 11.9 Å². The largest absolute Gasteiger partial charge is 0.368 e. The molecule has 2 aromatic rings. The van der Waals surface area contributed by atoms with Crippen molar-refractivity contribution in [2.45, 2.75) is 13.3 Å². The molecule has 0 bridgehead atoms. The summed E-state index contributed by atoms with van der Waals surface area (Å²) in [5.74, 6) is 0.536. The Balaban J connectivity index is 2.59. The van der Waals surface area contributed by atoms with Gasteiger partial charge in [-0.3, -0.25) is 0 Å². The van der Waals surface area contributed by atoms with Gasteiger partial charge in [-0.05, 0) is 6.42 Å². The lowest BCUT2D eigenvalue weighted by Crippen LogP contribution is -2.08. The van der Waals surface area contributed by atoms with Crippen LogP contribution in [0.3, 0.4) is 0 Å². The minimum atomic E-state index is 0.0470. The summed E-state index contributed by atoms with van der Waals surface area (Å²) in [4.78, 5) is 8.50. The third-order valence-corrected chi connectivity index (χ3v) is 2.70. The Morgan fingerprint density at radius 2 is 1.70 bits per heavy atom. The van der Waals surface area contributed by atoms with Gasteiger partial charge < -0.3 is 5.32 Å². The zero-order valence-electron chi connectivity index (χ0n) is 11.1. The van der Waals surface area contributed by atoms with Crippen LogP contribution >= 0.6 is 0 Å². The van der Waals surface area contributed by atoms with Gasteiger partial charge in [0.1, 0.15) is 17.8 Å². The summed E-state index contributed by atoms with van der Waals surface area (Å²) in [6, 6.07) is 13.3. The smallest absolute Gasteiger partial charge is 0.179 e. The Morgan fingerprint density at radius 1 is 1.05 bits per heavy atom. The first-order valence-electron chi connectivity index (χ1n) is 6.31. The summed E-state index contributed by atoms with van der Waals surface area (Å²) in [5, 5.41) is 21.2. The maximum absolute atomic E-state index is 9.06. The highest BCUT2D eigenvalue weighted by Crippen LogP contribution is 2.25. The van der Waals surface area contributed by atoms with E-state index in [2.05, 4.69) is 15.3 Å². The van der Waals surface area contributed by atoms with Crippen molar-refractivity contribution in [1.29, 1.82) is 10.5 Å². The monoisotopic (exact) mass is 263 g/mol. The van der Waals surface area contributed by atoms with E-state index < -0.39 is 0 Å². The molecule has 0 atom stereocenters. The number of nitrogens with zero attached hydrogens (tertiary/aromatic N) is 4. The van der Waals surface area contributed by atoms with Crippen LogP contribution in [0.2, 0.25) is 0 Å². The molecule has 1 aromatic heterocycles. The molecule has 0 aliphatic rings. The second-order valence-corrected chi connectivity index (χ2v) is 4.13. The molecule has 5 heteroatoms. The second kappa shape index (κ2) is 6.31. The molecule has 1 heterocycles. The predicted molar refractivity (Wildman–Crippen MR) is 75.7 cm³/mol. The van der Waals surface area contributed by atoms with Crippen molar-refractivity contribution >= 4 is 5.82 Å². The van der Waals surface area contributed by atoms with Crippen LogP contribution in [-0.2, 0) is 0 Å². The molecule has 0 unspecified atom stereocenters. The van der Waals surface area contributed by atoms with Gasteiger partial charge in [0, 0.05) is 12.1 Å². The zero-order valence-corrected chi connectivity index (χ0v) is 11.1. The van der Waals surface area contributed by atoms with Gasteiger partial charge in [-0.15, -0.1) is 0 Å². The van der Waals surface area contributed by atoms with Crippen LogP contribution in [0, 0.1) is 22.7 Å². The number of anilines is 1. The number of rotatable bonds is 4. The van der Waals surface area contributed by atoms with Crippen molar-refractivity contribution in [1.82, 2.24) is 9.97 Å². The molecule has 98 valence electrons. The van der Waals surface area contributed by atoms with Gasteiger partial charge in [-0.2, -0.15) is 10.5 Å². The molecular formula is C15H13N5. The second-order valence-electron chi connectivity index (χ2n) is 4.13. The molecule has 0 saturated carbocycles. The van der Waals surface area contributed by atoms with Crippen LogP contribution in [0.1, 0.15) is 24.7 Å². The minimum Gasteiger partial charge on any atom is -0.368 e. The third-order valence-electron chi connectivity index (χ3n) is 2.70. The van der Waals surface area contributed by atoms with E-state index in [4.69, 9.17) is 10.5 Å². The van der Waals surface area contributed by atoms with E-state index in [1.165, 1.54) is 0 Å². The SMILES string of the molecule is CCCNc1nc(C#N)c(C#N)nc1-c1ccccc1. The lowest BCUT2D eigenvalue weighted by molar-refractivity contribution is 0.962. The van der Waals surface area contributed by atoms with Gasteiger partial charge in [0.25, 0.3) is 0 Å². The van der Waals surface area contributed by atoms with Crippen molar-refractivity contribution in [3.05, 3.63) is 41.7 Å². The maximum atomic E-state index is 9.06. The molecule has 0 fully saturated rings. The van der Waals surface area contributed by atoms with E-state index in [0.29, 0.717) is 11.5 Å². The van der Waals surface area contributed by atoms with E-state index in [-0.39, 0.29) is 11.4 Å². The van der Waals surface area contributed by atoms with Gasteiger partial charge in [0.2, 0.25) is 0 Å². The molecule has 0 spiro atoms. The van der Waals surface area contributed by atoms with Gasteiger partial charge in [0.05, 0.1) is 0 Å². The first-order chi connectivity index (χ1) is 9.80. The Labute approximate surface area is 117 Å². The Bertz CT molecular complexity index is 680. The minimum absolute atomic E-state index is 0.0470. The highest BCUT2D eigenvalue weighted by atomic mass is 15.0. The summed E-state index contributed by atoms with van der Waals surface area (Å²) < 4.78 is 0. The Hall–Kier alpha value is -2.92. The number of benzene rings is 1. The van der Waals surface area contributed by atoms with E-state index in [0.717, 1.165) is 18.5 Å². The maximum Gasteiger partial charge on any atom is 0.179 e. The van der Waals surface area contributed by atoms with Crippen LogP contribution in [0.4, 0.5) is 5.82 Å². The molecule has 20 heavy (non-hydrogen) atoms. The Morgan fingerprint density at radius 3 is 2.30 bits per heavy atom. The molecule has 0 radical (unpaired) electrons. The fourth-order valence-corrected chi connectivity index (χ4v) is 1.76. The van der Waals surface area contributed by atoms with Crippen molar-refractivity contribution in [3.63, 3.8) is 0 Å². The van der Waals surface area contributed by atoms with Crippen LogP contribution in [0.5, 0.6) is 0 Å². The van der Waals surface area contributed by atoms with Gasteiger partial charge >= 0.3 is 0 Å². The van der Waals surface area contributed by atoms with Crippen molar-refractivity contribution < 1.29 is 0 Å². The standard InChI is InChI=1S/C15H13N5/c1-2-8-18-15-14(11-6-4-3-5-7-11)19-12(9-16)13(10-17)20-15/h3-7H,2,8H2,1H3,(H,18,20). The Kier molecular flexibility index (Phi) is 4.26. The number of hydrogen-bond acceptors (Lipinski definition) is 5. The summed E-state index contributed by atoms with van der Waals surface area (Å²) in [5.41, 5.74) is 1.55. The quantitative estimate of drug-likeness (QED) is 0.916. The fraction of sp³-hybridized carbons (Fsp3) is 0.200. The predicted octanol–water partition coefficient (Wildman–Crippen LogP) is 2.71. The zero-order chi connectivity index (χ0) is 14.4. The van der Waals surface area contributed by atoms with Gasteiger partial charge in [-0.1, -0.05) is 37.3 Å². The van der Waals surface area contributed by atoms with Crippen LogP contribution < -0.4 is 5.32 Å². The summed E-state index contributed by atoms with van der Waals surface area (Å²) in [7, 11) is 0. The van der Waals surface area contributed by atoms with Crippen molar-refractivity contribution in [3.8, 4) is 23.4 Å².